The Morgan fingerprint density at radius 1 is 0.960 bits per heavy atom. The molecule has 1 unspecified atom stereocenters. The Morgan fingerprint density at radius 3 is 2.52 bits per heavy atom. The van der Waals surface area contributed by atoms with Gasteiger partial charge in [-0.2, -0.15) is 0 Å². The summed E-state index contributed by atoms with van der Waals surface area (Å²) in [6.07, 6.45) is 0.676. The normalized spacial score (nSPS) is 19.2. The van der Waals surface area contributed by atoms with Crippen LogP contribution < -0.4 is 0 Å². The lowest BCUT2D eigenvalue weighted by Gasteiger charge is -2.41. The van der Waals surface area contributed by atoms with E-state index in [0.717, 1.165) is 32.2 Å². The Morgan fingerprint density at radius 2 is 1.76 bits per heavy atom. The molecule has 3 rings (SSSR count). The molecule has 0 aromatic heterocycles. The number of nitrogens with zero attached hydrogens (tertiary/aromatic N) is 2. The quantitative estimate of drug-likeness (QED) is 0.871. The highest BCUT2D eigenvalue weighted by Gasteiger charge is 2.27. The summed E-state index contributed by atoms with van der Waals surface area (Å²) in [4.78, 5) is 4.50. The van der Waals surface area contributed by atoms with Gasteiger partial charge in [-0.1, -0.05) is 42.5 Å². The number of halogens is 2. The van der Waals surface area contributed by atoms with Crippen LogP contribution in [0.2, 0.25) is 0 Å². The number of aliphatic hydroxyl groups is 1. The van der Waals surface area contributed by atoms with Crippen LogP contribution in [0.15, 0.2) is 48.5 Å². The van der Waals surface area contributed by atoms with Crippen LogP contribution in [0.4, 0.5) is 8.78 Å². The Balaban J connectivity index is 1.65. The summed E-state index contributed by atoms with van der Waals surface area (Å²) in [5.74, 6) is -1.56. The monoisotopic (exact) mass is 346 g/mol. The summed E-state index contributed by atoms with van der Waals surface area (Å²) in [5.41, 5.74) is 1.63. The highest BCUT2D eigenvalue weighted by molar-refractivity contribution is 5.19. The highest BCUT2D eigenvalue weighted by atomic mass is 19.2. The number of benzene rings is 2. The molecule has 0 spiro atoms. The number of hydrogen-bond donors (Lipinski definition) is 1. The first kappa shape index (κ1) is 18.0. The zero-order chi connectivity index (χ0) is 17.6. The molecule has 1 fully saturated rings. The number of hydrogen-bond acceptors (Lipinski definition) is 3. The minimum Gasteiger partial charge on any atom is -0.396 e. The van der Waals surface area contributed by atoms with Crippen molar-refractivity contribution in [1.82, 2.24) is 9.80 Å². The Kier molecular flexibility index (Phi) is 6.13. The fourth-order valence-corrected chi connectivity index (χ4v) is 3.46. The molecule has 1 aliphatic heterocycles. The molecule has 1 saturated heterocycles. The summed E-state index contributed by atoms with van der Waals surface area (Å²) >= 11 is 0. The fraction of sp³-hybridized carbons (Fsp3) is 0.400. The molecule has 0 radical (unpaired) electrons. The van der Waals surface area contributed by atoms with Gasteiger partial charge in [-0.25, -0.2) is 8.78 Å². The maximum atomic E-state index is 13.9. The van der Waals surface area contributed by atoms with Gasteiger partial charge in [-0.15, -0.1) is 0 Å². The van der Waals surface area contributed by atoms with Crippen LogP contribution in [0.5, 0.6) is 0 Å². The van der Waals surface area contributed by atoms with Crippen LogP contribution in [-0.2, 0) is 13.1 Å². The molecule has 0 aliphatic carbocycles. The summed E-state index contributed by atoms with van der Waals surface area (Å²) in [6.45, 7) is 3.74. The molecule has 1 atom stereocenters. The topological polar surface area (TPSA) is 26.7 Å². The third-order valence-electron chi connectivity index (χ3n) is 4.81. The second-order valence-electron chi connectivity index (χ2n) is 6.57. The smallest absolute Gasteiger partial charge is 0.163 e. The largest absolute Gasteiger partial charge is 0.396 e. The van der Waals surface area contributed by atoms with Crippen LogP contribution in [0.25, 0.3) is 0 Å². The standard InChI is InChI=1S/C20H24F2N2O/c21-19-8-4-7-17(20(19)22)14-23-10-11-24(18(15-23)9-12-25)13-16-5-2-1-3-6-16/h1-8,18,25H,9-15H2. The lowest BCUT2D eigenvalue weighted by Crippen LogP contribution is -2.52. The van der Waals surface area contributed by atoms with Crippen LogP contribution in [0, 0.1) is 11.6 Å². The van der Waals surface area contributed by atoms with Crippen molar-refractivity contribution in [3.8, 4) is 0 Å². The first-order valence-electron chi connectivity index (χ1n) is 8.71. The third-order valence-corrected chi connectivity index (χ3v) is 4.81. The summed E-state index contributed by atoms with van der Waals surface area (Å²) < 4.78 is 27.3. The van der Waals surface area contributed by atoms with Crippen molar-refractivity contribution < 1.29 is 13.9 Å². The molecular formula is C20H24F2N2O. The fourth-order valence-electron chi connectivity index (χ4n) is 3.46. The third kappa shape index (κ3) is 4.63. The van der Waals surface area contributed by atoms with Crippen molar-refractivity contribution in [3.63, 3.8) is 0 Å². The van der Waals surface area contributed by atoms with Gasteiger partial charge in [-0.05, 0) is 18.1 Å². The number of rotatable bonds is 6. The van der Waals surface area contributed by atoms with E-state index in [-0.39, 0.29) is 12.6 Å². The van der Waals surface area contributed by atoms with Gasteiger partial charge in [0.05, 0.1) is 0 Å². The van der Waals surface area contributed by atoms with E-state index in [1.54, 1.807) is 12.1 Å². The molecule has 1 heterocycles. The molecule has 134 valence electrons. The zero-order valence-corrected chi connectivity index (χ0v) is 14.2. The second kappa shape index (κ2) is 8.52. The van der Waals surface area contributed by atoms with Gasteiger partial charge in [0, 0.05) is 50.9 Å². The van der Waals surface area contributed by atoms with Crippen molar-refractivity contribution in [3.05, 3.63) is 71.3 Å². The van der Waals surface area contributed by atoms with Crippen molar-refractivity contribution in [2.75, 3.05) is 26.2 Å². The van der Waals surface area contributed by atoms with E-state index in [4.69, 9.17) is 0 Å². The zero-order valence-electron chi connectivity index (χ0n) is 14.2. The van der Waals surface area contributed by atoms with Gasteiger partial charge >= 0.3 is 0 Å². The second-order valence-corrected chi connectivity index (χ2v) is 6.57. The summed E-state index contributed by atoms with van der Waals surface area (Å²) in [6, 6.07) is 14.8. The number of piperazine rings is 1. The van der Waals surface area contributed by atoms with Gasteiger partial charge in [0.1, 0.15) is 0 Å². The predicted molar refractivity (Wildman–Crippen MR) is 94.0 cm³/mol. The molecular weight excluding hydrogens is 322 g/mol. The Bertz CT molecular complexity index is 681. The maximum Gasteiger partial charge on any atom is 0.163 e. The van der Waals surface area contributed by atoms with E-state index in [1.165, 1.54) is 5.56 Å². The molecule has 2 aromatic rings. The molecule has 2 aromatic carbocycles. The van der Waals surface area contributed by atoms with Gasteiger partial charge in [0.25, 0.3) is 0 Å². The average molecular weight is 346 g/mol. The minimum absolute atomic E-state index is 0.123. The van der Waals surface area contributed by atoms with E-state index in [1.807, 2.05) is 18.2 Å². The Labute approximate surface area is 147 Å². The summed E-state index contributed by atoms with van der Waals surface area (Å²) in [5, 5.41) is 9.40. The van der Waals surface area contributed by atoms with Crippen LogP contribution in [0.3, 0.4) is 0 Å². The van der Waals surface area contributed by atoms with Gasteiger partial charge in [0.15, 0.2) is 11.6 Å². The Hall–Kier alpha value is -1.82. The van der Waals surface area contributed by atoms with Gasteiger partial charge in [0.2, 0.25) is 0 Å². The van der Waals surface area contributed by atoms with Crippen molar-refractivity contribution in [1.29, 1.82) is 0 Å². The lowest BCUT2D eigenvalue weighted by atomic mass is 10.1. The first-order valence-corrected chi connectivity index (χ1v) is 8.71. The molecule has 3 nitrogen and oxygen atoms in total. The van der Waals surface area contributed by atoms with E-state index >= 15 is 0 Å². The molecule has 25 heavy (non-hydrogen) atoms. The average Bonchev–Trinajstić information content (AvgIpc) is 2.62. The molecule has 1 N–H and O–H groups in total. The van der Waals surface area contributed by atoms with Crippen LogP contribution in [-0.4, -0.2) is 47.2 Å². The highest BCUT2D eigenvalue weighted by Crippen LogP contribution is 2.20. The maximum absolute atomic E-state index is 13.9. The van der Waals surface area contributed by atoms with Gasteiger partial charge < -0.3 is 5.11 Å². The van der Waals surface area contributed by atoms with Crippen molar-refractivity contribution in [2.45, 2.75) is 25.6 Å². The van der Waals surface area contributed by atoms with E-state index < -0.39 is 11.6 Å². The molecule has 0 saturated carbocycles. The molecule has 0 amide bonds. The van der Waals surface area contributed by atoms with Crippen molar-refractivity contribution in [2.24, 2.45) is 0 Å². The van der Waals surface area contributed by atoms with E-state index in [9.17, 15) is 13.9 Å². The summed E-state index contributed by atoms with van der Waals surface area (Å²) in [7, 11) is 0. The number of aliphatic hydroxyl groups excluding tert-OH is 1. The molecule has 1 aliphatic rings. The van der Waals surface area contributed by atoms with Crippen LogP contribution >= 0.6 is 0 Å². The van der Waals surface area contributed by atoms with Gasteiger partial charge in [-0.3, -0.25) is 9.80 Å². The molecule has 0 bridgehead atoms. The van der Waals surface area contributed by atoms with E-state index in [2.05, 4.69) is 21.9 Å². The molecule has 5 heteroatoms. The van der Waals surface area contributed by atoms with Crippen LogP contribution in [0.1, 0.15) is 17.5 Å². The first-order chi connectivity index (χ1) is 12.2. The van der Waals surface area contributed by atoms with Crippen molar-refractivity contribution >= 4 is 0 Å². The van der Waals surface area contributed by atoms with E-state index in [0.29, 0.717) is 18.5 Å². The SMILES string of the molecule is OCCC1CN(Cc2cccc(F)c2F)CCN1Cc1ccccc1. The lowest BCUT2D eigenvalue weighted by molar-refractivity contribution is 0.0494. The minimum atomic E-state index is -0.799. The predicted octanol–water partition coefficient (Wildman–Crippen LogP) is 3.03.